The summed E-state index contributed by atoms with van der Waals surface area (Å²) in [5, 5.41) is 2.66. The van der Waals surface area contributed by atoms with Crippen molar-refractivity contribution in [3.63, 3.8) is 0 Å². The van der Waals surface area contributed by atoms with Crippen LogP contribution >= 0.6 is 0 Å². The van der Waals surface area contributed by atoms with Crippen molar-refractivity contribution in [2.24, 2.45) is 0 Å². The van der Waals surface area contributed by atoms with Gasteiger partial charge >= 0.3 is 0 Å². The number of rotatable bonds is 2. The largest absolute Gasteiger partial charge is 0.238 e. The van der Waals surface area contributed by atoms with E-state index in [4.69, 9.17) is 6.57 Å². The lowest BCUT2D eigenvalue weighted by Gasteiger charge is -2.08. The van der Waals surface area contributed by atoms with Crippen LogP contribution in [-0.2, 0) is 0 Å². The molecule has 0 unspecified atom stereocenters. The Morgan fingerprint density at radius 2 is 1.07 bits per heavy atom. The second-order valence-corrected chi connectivity index (χ2v) is 7.71. The molecule has 0 amide bonds. The van der Waals surface area contributed by atoms with Gasteiger partial charge < -0.3 is 0 Å². The molecular formula is C29H17N. The summed E-state index contributed by atoms with van der Waals surface area (Å²) < 4.78 is 0. The van der Waals surface area contributed by atoms with Gasteiger partial charge in [0.1, 0.15) is 0 Å². The predicted octanol–water partition coefficient (Wildman–Crippen LogP) is 8.37. The van der Waals surface area contributed by atoms with E-state index in [0.29, 0.717) is 5.69 Å². The molecule has 6 rings (SSSR count). The van der Waals surface area contributed by atoms with Gasteiger partial charge in [0.15, 0.2) is 5.69 Å². The van der Waals surface area contributed by atoms with Crippen molar-refractivity contribution >= 4 is 16.5 Å². The third-order valence-corrected chi connectivity index (χ3v) is 6.03. The van der Waals surface area contributed by atoms with Crippen molar-refractivity contribution in [2.45, 2.75) is 0 Å². The fourth-order valence-electron chi connectivity index (χ4n) is 4.58. The molecular weight excluding hydrogens is 362 g/mol. The van der Waals surface area contributed by atoms with Crippen LogP contribution in [0.15, 0.2) is 103 Å². The Kier molecular flexibility index (Phi) is 3.60. The average molecular weight is 379 g/mol. The highest BCUT2D eigenvalue weighted by Crippen LogP contribution is 2.48. The molecule has 0 bridgehead atoms. The molecule has 0 fully saturated rings. The van der Waals surface area contributed by atoms with Crippen molar-refractivity contribution in [1.29, 1.82) is 0 Å². The summed E-state index contributed by atoms with van der Waals surface area (Å²) in [4.78, 5) is 3.54. The number of benzene rings is 5. The van der Waals surface area contributed by atoms with E-state index in [2.05, 4.69) is 89.8 Å². The summed E-state index contributed by atoms with van der Waals surface area (Å²) in [5.74, 6) is 0. The maximum Gasteiger partial charge on any atom is 0.187 e. The zero-order valence-electron chi connectivity index (χ0n) is 16.3. The summed E-state index contributed by atoms with van der Waals surface area (Å²) >= 11 is 0. The minimum absolute atomic E-state index is 0.670. The second-order valence-electron chi connectivity index (χ2n) is 7.71. The van der Waals surface area contributed by atoms with Crippen molar-refractivity contribution in [3.05, 3.63) is 115 Å². The van der Waals surface area contributed by atoms with E-state index in [-0.39, 0.29) is 0 Å². The molecule has 0 atom stereocenters. The summed E-state index contributed by atoms with van der Waals surface area (Å²) in [7, 11) is 0. The quantitative estimate of drug-likeness (QED) is 0.266. The average Bonchev–Trinajstić information content (AvgIpc) is 3.14. The lowest BCUT2D eigenvalue weighted by Crippen LogP contribution is -1.83. The maximum absolute atomic E-state index is 7.22. The molecule has 0 aliphatic heterocycles. The van der Waals surface area contributed by atoms with E-state index >= 15 is 0 Å². The van der Waals surface area contributed by atoms with Gasteiger partial charge in [-0.3, -0.25) is 0 Å². The number of fused-ring (bicyclic) bond motifs is 3. The Morgan fingerprint density at radius 1 is 0.467 bits per heavy atom. The predicted molar refractivity (Wildman–Crippen MR) is 126 cm³/mol. The first kappa shape index (κ1) is 16.8. The van der Waals surface area contributed by atoms with Crippen LogP contribution in [0.25, 0.3) is 60.1 Å². The number of hydrogen-bond acceptors (Lipinski definition) is 0. The molecule has 0 heterocycles. The molecule has 0 radical (unpaired) electrons. The number of nitrogens with zero attached hydrogens (tertiary/aromatic N) is 1. The van der Waals surface area contributed by atoms with Crippen LogP contribution in [0.1, 0.15) is 0 Å². The van der Waals surface area contributed by atoms with Crippen LogP contribution in [0, 0.1) is 6.57 Å². The van der Waals surface area contributed by atoms with Gasteiger partial charge in [0, 0.05) is 0 Å². The van der Waals surface area contributed by atoms with Gasteiger partial charge in [-0.15, -0.1) is 0 Å². The van der Waals surface area contributed by atoms with Gasteiger partial charge in [-0.05, 0) is 67.4 Å². The minimum Gasteiger partial charge on any atom is -0.238 e. The molecule has 0 spiro atoms. The highest BCUT2D eigenvalue weighted by Gasteiger charge is 2.21. The molecule has 5 aromatic rings. The molecule has 5 aromatic carbocycles. The standard InChI is InChI=1S/C29H17N/c1-30-24-8-2-7-22(17-24)19-11-13-20(14-12-19)23-15-16-25-26-9-3-5-21-6-4-10-27(29(21)26)28(25)18-23/h2-18H. The summed E-state index contributed by atoms with van der Waals surface area (Å²) in [6.45, 7) is 7.22. The van der Waals surface area contributed by atoms with E-state index in [0.717, 1.165) is 11.1 Å². The van der Waals surface area contributed by atoms with Crippen LogP contribution in [0.4, 0.5) is 5.69 Å². The van der Waals surface area contributed by atoms with E-state index in [9.17, 15) is 0 Å². The van der Waals surface area contributed by atoms with Crippen LogP contribution < -0.4 is 0 Å². The van der Waals surface area contributed by atoms with E-state index < -0.39 is 0 Å². The SMILES string of the molecule is [C-]#[N+]c1cccc(-c2ccc(-c3ccc4c(c3)-c3cccc5cccc-4c35)cc2)c1. The third kappa shape index (κ3) is 2.48. The minimum atomic E-state index is 0.670. The Hall–Kier alpha value is -4.15. The Morgan fingerprint density at radius 3 is 1.77 bits per heavy atom. The van der Waals surface area contributed by atoms with Crippen LogP contribution in [0.3, 0.4) is 0 Å². The molecule has 0 saturated heterocycles. The lowest BCUT2D eigenvalue weighted by molar-refractivity contribution is 1.59. The third-order valence-electron chi connectivity index (χ3n) is 6.03. The monoisotopic (exact) mass is 379 g/mol. The first-order chi connectivity index (χ1) is 14.8. The summed E-state index contributed by atoms with van der Waals surface area (Å²) in [6.07, 6.45) is 0. The molecule has 1 nitrogen and oxygen atoms in total. The normalized spacial score (nSPS) is 11.3. The maximum atomic E-state index is 7.22. The summed E-state index contributed by atoms with van der Waals surface area (Å²) in [5.41, 5.74) is 10.6. The van der Waals surface area contributed by atoms with Crippen LogP contribution in [-0.4, -0.2) is 0 Å². The van der Waals surface area contributed by atoms with Gasteiger partial charge in [-0.25, -0.2) is 4.85 Å². The Labute approximate surface area is 175 Å². The molecule has 0 N–H and O–H groups in total. The van der Waals surface area contributed by atoms with Gasteiger partial charge in [-0.1, -0.05) is 91.0 Å². The zero-order valence-corrected chi connectivity index (χ0v) is 16.3. The van der Waals surface area contributed by atoms with Crippen molar-refractivity contribution in [2.75, 3.05) is 0 Å². The van der Waals surface area contributed by atoms with Crippen LogP contribution in [0.5, 0.6) is 0 Å². The molecule has 30 heavy (non-hydrogen) atoms. The highest BCUT2D eigenvalue weighted by molar-refractivity contribution is 6.15. The van der Waals surface area contributed by atoms with Crippen LogP contribution in [0.2, 0.25) is 0 Å². The van der Waals surface area contributed by atoms with Gasteiger partial charge in [0.2, 0.25) is 0 Å². The van der Waals surface area contributed by atoms with Gasteiger partial charge in [-0.2, -0.15) is 0 Å². The van der Waals surface area contributed by atoms with E-state index in [1.165, 1.54) is 44.2 Å². The smallest absolute Gasteiger partial charge is 0.187 e. The van der Waals surface area contributed by atoms with Gasteiger partial charge in [0.05, 0.1) is 6.57 Å². The molecule has 1 aliphatic rings. The Bertz CT molecular complexity index is 1480. The van der Waals surface area contributed by atoms with E-state index in [1.54, 1.807) is 0 Å². The second kappa shape index (κ2) is 6.44. The molecule has 0 aromatic heterocycles. The number of hydrogen-bond donors (Lipinski definition) is 0. The topological polar surface area (TPSA) is 4.36 Å². The fourth-order valence-corrected chi connectivity index (χ4v) is 4.58. The first-order valence-corrected chi connectivity index (χ1v) is 10.1. The summed E-state index contributed by atoms with van der Waals surface area (Å²) in [6, 6.07) is 36.3. The lowest BCUT2D eigenvalue weighted by atomic mass is 9.96. The van der Waals surface area contributed by atoms with Gasteiger partial charge in [0.25, 0.3) is 0 Å². The highest BCUT2D eigenvalue weighted by atomic mass is 14.6. The van der Waals surface area contributed by atoms with Crippen molar-refractivity contribution in [1.82, 2.24) is 0 Å². The fraction of sp³-hybridized carbons (Fsp3) is 0. The molecule has 0 saturated carbocycles. The van der Waals surface area contributed by atoms with Crippen molar-refractivity contribution in [3.8, 4) is 44.5 Å². The first-order valence-electron chi connectivity index (χ1n) is 10.1. The molecule has 1 heteroatoms. The molecule has 1 aliphatic carbocycles. The van der Waals surface area contributed by atoms with Crippen molar-refractivity contribution < 1.29 is 0 Å². The van der Waals surface area contributed by atoms with E-state index in [1.807, 2.05) is 18.2 Å². The Balaban J connectivity index is 1.42. The molecule has 138 valence electrons. The zero-order chi connectivity index (χ0) is 20.1.